The zero-order valence-corrected chi connectivity index (χ0v) is 18.8. The van der Waals surface area contributed by atoms with E-state index >= 15 is 0 Å². The summed E-state index contributed by atoms with van der Waals surface area (Å²) in [6, 6.07) is 16.1. The van der Waals surface area contributed by atoms with Gasteiger partial charge in [0.25, 0.3) is 0 Å². The van der Waals surface area contributed by atoms with Crippen molar-refractivity contribution in [3.8, 4) is 5.75 Å². The Bertz CT molecular complexity index is 713. The maximum Gasteiger partial charge on any atom is 0.408 e. The van der Waals surface area contributed by atoms with E-state index in [0.29, 0.717) is 11.1 Å². The molecule has 0 amide bonds. The van der Waals surface area contributed by atoms with Crippen molar-refractivity contribution in [1.29, 1.82) is 0 Å². The average molecular weight is 417 g/mol. The van der Waals surface area contributed by atoms with Crippen LogP contribution in [0.15, 0.2) is 54.6 Å². The molecule has 0 radical (unpaired) electrons. The molecule has 0 bridgehead atoms. The van der Waals surface area contributed by atoms with Crippen LogP contribution < -0.4 is 9.83 Å². The first kappa shape index (κ1) is 23.7. The third-order valence-electron chi connectivity index (χ3n) is 5.30. The van der Waals surface area contributed by atoms with Crippen LogP contribution in [-0.2, 0) is 11.0 Å². The highest BCUT2D eigenvalue weighted by Crippen LogP contribution is 2.41. The number of hydrogen-bond donors (Lipinski definition) is 1. The molecule has 0 fully saturated rings. The lowest BCUT2D eigenvalue weighted by molar-refractivity contribution is 0.393. The van der Waals surface area contributed by atoms with E-state index in [0.717, 1.165) is 6.42 Å². The Morgan fingerprint density at radius 2 is 1.24 bits per heavy atom. The fraction of sp³-hybridized carbons (Fsp3) is 0.520. The molecule has 0 aliphatic carbocycles. The van der Waals surface area contributed by atoms with Crippen LogP contribution in [0.3, 0.4) is 0 Å². The van der Waals surface area contributed by atoms with Crippen molar-refractivity contribution < 1.29 is 14.0 Å². The highest BCUT2D eigenvalue weighted by Gasteiger charge is 2.24. The summed E-state index contributed by atoms with van der Waals surface area (Å²) < 4.78 is 17.8. The lowest BCUT2D eigenvalue weighted by Gasteiger charge is -2.14. The predicted octanol–water partition coefficient (Wildman–Crippen LogP) is 7.43. The standard InChI is InChI=1S/C25H37O3P/c1-2-3-4-5-6-7-8-9-10-11-13-16-23-19-21-25(22-20-23)29(26,27)28-24-17-14-12-15-18-24/h12,14-15,17-22H,2-11,13,16H2,1H3,(H,26,27). The van der Waals surface area contributed by atoms with Crippen LogP contribution in [0.5, 0.6) is 5.75 Å². The molecule has 29 heavy (non-hydrogen) atoms. The minimum atomic E-state index is -3.84. The molecule has 0 saturated heterocycles. The van der Waals surface area contributed by atoms with Crippen LogP contribution in [0.2, 0.25) is 0 Å². The first-order valence-electron chi connectivity index (χ1n) is 11.3. The number of unbranched alkanes of at least 4 members (excludes halogenated alkanes) is 10. The summed E-state index contributed by atoms with van der Waals surface area (Å²) in [5.74, 6) is 0.406. The molecule has 0 saturated carbocycles. The van der Waals surface area contributed by atoms with Crippen molar-refractivity contribution >= 4 is 12.9 Å². The molecule has 0 aliphatic heterocycles. The average Bonchev–Trinajstić information content (AvgIpc) is 2.73. The molecule has 4 heteroatoms. The Kier molecular flexibility index (Phi) is 11.1. The minimum Gasteiger partial charge on any atom is -0.421 e. The fourth-order valence-electron chi connectivity index (χ4n) is 3.52. The molecule has 2 aromatic carbocycles. The molecular formula is C25H37O3P. The Labute approximate surface area is 177 Å². The smallest absolute Gasteiger partial charge is 0.408 e. The molecule has 0 aliphatic rings. The van der Waals surface area contributed by atoms with E-state index in [4.69, 9.17) is 4.52 Å². The van der Waals surface area contributed by atoms with Crippen LogP contribution in [0.1, 0.15) is 83.1 Å². The molecule has 3 nitrogen and oxygen atoms in total. The van der Waals surface area contributed by atoms with Gasteiger partial charge in [-0.1, -0.05) is 101 Å². The Morgan fingerprint density at radius 3 is 1.79 bits per heavy atom. The number of aryl methyl sites for hydroxylation is 1. The maximum atomic E-state index is 12.5. The molecule has 0 heterocycles. The zero-order chi connectivity index (χ0) is 20.8. The summed E-state index contributed by atoms with van der Waals surface area (Å²) in [7, 11) is -3.84. The summed E-state index contributed by atoms with van der Waals surface area (Å²) >= 11 is 0. The van der Waals surface area contributed by atoms with Gasteiger partial charge in [0, 0.05) is 0 Å². The maximum absolute atomic E-state index is 12.5. The van der Waals surface area contributed by atoms with Gasteiger partial charge in [-0.2, -0.15) is 0 Å². The Balaban J connectivity index is 1.61. The molecule has 160 valence electrons. The largest absolute Gasteiger partial charge is 0.421 e. The predicted molar refractivity (Wildman–Crippen MR) is 123 cm³/mol. The molecule has 1 unspecified atom stereocenters. The van der Waals surface area contributed by atoms with E-state index in [9.17, 15) is 9.46 Å². The summed E-state index contributed by atoms with van der Waals surface area (Å²) in [6.07, 6.45) is 15.8. The van der Waals surface area contributed by atoms with Gasteiger partial charge in [-0.15, -0.1) is 0 Å². The third kappa shape index (κ3) is 9.65. The monoisotopic (exact) mass is 416 g/mol. The lowest BCUT2D eigenvalue weighted by atomic mass is 10.0. The number of benzene rings is 2. The molecule has 0 spiro atoms. The van der Waals surface area contributed by atoms with E-state index in [-0.39, 0.29) is 0 Å². The Morgan fingerprint density at radius 1 is 0.724 bits per heavy atom. The Hall–Kier alpha value is -1.57. The minimum absolute atomic E-state index is 0.337. The van der Waals surface area contributed by atoms with Crippen molar-refractivity contribution in [3.05, 3.63) is 60.2 Å². The van der Waals surface area contributed by atoms with Gasteiger partial charge in [-0.25, -0.2) is 4.57 Å². The normalized spacial score (nSPS) is 13.2. The van der Waals surface area contributed by atoms with Gasteiger partial charge >= 0.3 is 7.60 Å². The van der Waals surface area contributed by atoms with Gasteiger partial charge in [0.1, 0.15) is 5.75 Å². The van der Waals surface area contributed by atoms with E-state index in [2.05, 4.69) is 6.92 Å². The summed E-state index contributed by atoms with van der Waals surface area (Å²) in [6.45, 7) is 2.26. The molecule has 0 aromatic heterocycles. The van der Waals surface area contributed by atoms with Gasteiger partial charge in [-0.05, 0) is 42.7 Å². The number of hydrogen-bond acceptors (Lipinski definition) is 2. The van der Waals surface area contributed by atoms with Crippen LogP contribution >= 0.6 is 7.60 Å². The van der Waals surface area contributed by atoms with Gasteiger partial charge in [0.2, 0.25) is 0 Å². The van der Waals surface area contributed by atoms with Gasteiger partial charge in [-0.3, -0.25) is 0 Å². The van der Waals surface area contributed by atoms with Gasteiger partial charge < -0.3 is 9.42 Å². The molecule has 2 aromatic rings. The summed E-state index contributed by atoms with van der Waals surface area (Å²) in [5, 5.41) is 0.337. The van der Waals surface area contributed by atoms with E-state index in [1.165, 1.54) is 76.2 Å². The molecule has 2 rings (SSSR count). The first-order chi connectivity index (χ1) is 14.1. The van der Waals surface area contributed by atoms with Crippen LogP contribution in [0.4, 0.5) is 0 Å². The highest BCUT2D eigenvalue weighted by molar-refractivity contribution is 7.61. The fourth-order valence-corrected chi connectivity index (χ4v) is 4.56. The number of rotatable bonds is 15. The van der Waals surface area contributed by atoms with Crippen molar-refractivity contribution in [2.24, 2.45) is 0 Å². The molecular weight excluding hydrogens is 379 g/mol. The lowest BCUT2D eigenvalue weighted by Crippen LogP contribution is -2.09. The third-order valence-corrected chi connectivity index (χ3v) is 6.71. The van der Waals surface area contributed by atoms with E-state index in [1.54, 1.807) is 36.4 Å². The van der Waals surface area contributed by atoms with Crippen LogP contribution in [0.25, 0.3) is 0 Å². The second-order valence-corrected chi connectivity index (χ2v) is 9.62. The van der Waals surface area contributed by atoms with Crippen molar-refractivity contribution in [3.63, 3.8) is 0 Å². The zero-order valence-electron chi connectivity index (χ0n) is 17.9. The van der Waals surface area contributed by atoms with E-state index < -0.39 is 7.60 Å². The topological polar surface area (TPSA) is 46.5 Å². The van der Waals surface area contributed by atoms with Gasteiger partial charge in [0.05, 0.1) is 5.30 Å². The highest BCUT2D eigenvalue weighted by atomic mass is 31.2. The molecule has 1 N–H and O–H groups in total. The number of para-hydroxylation sites is 1. The second-order valence-electron chi connectivity index (χ2n) is 7.88. The SMILES string of the molecule is CCCCCCCCCCCCCc1ccc(P(=O)(O)Oc2ccccc2)cc1. The van der Waals surface area contributed by atoms with Crippen molar-refractivity contribution in [1.82, 2.24) is 0 Å². The van der Waals surface area contributed by atoms with Gasteiger partial charge in [0.15, 0.2) is 0 Å². The summed E-state index contributed by atoms with van der Waals surface area (Å²) in [4.78, 5) is 10.2. The quantitative estimate of drug-likeness (QED) is 0.242. The van der Waals surface area contributed by atoms with E-state index in [1.807, 2.05) is 18.2 Å². The molecule has 1 atom stereocenters. The first-order valence-corrected chi connectivity index (χ1v) is 12.9. The summed E-state index contributed by atoms with van der Waals surface area (Å²) in [5.41, 5.74) is 1.21. The van der Waals surface area contributed by atoms with Crippen molar-refractivity contribution in [2.45, 2.75) is 84.0 Å². The van der Waals surface area contributed by atoms with Crippen molar-refractivity contribution in [2.75, 3.05) is 0 Å². The van der Waals surface area contributed by atoms with Crippen LogP contribution in [-0.4, -0.2) is 4.89 Å². The van der Waals surface area contributed by atoms with Crippen LogP contribution in [0, 0.1) is 0 Å². The second kappa shape index (κ2) is 13.6.